The van der Waals surface area contributed by atoms with Crippen LogP contribution in [0.3, 0.4) is 0 Å². The largest absolute Gasteiger partial charge is 0.490 e. The van der Waals surface area contributed by atoms with Crippen LogP contribution in [0.1, 0.15) is 33.1 Å². The second-order valence-electron chi connectivity index (χ2n) is 5.59. The minimum Gasteiger partial charge on any atom is -0.490 e. The van der Waals surface area contributed by atoms with Crippen molar-refractivity contribution >= 4 is 27.5 Å². The van der Waals surface area contributed by atoms with E-state index >= 15 is 0 Å². The number of amides is 1. The van der Waals surface area contributed by atoms with Crippen LogP contribution in [0.25, 0.3) is 0 Å². The van der Waals surface area contributed by atoms with Crippen molar-refractivity contribution in [2.75, 3.05) is 31.6 Å². The van der Waals surface area contributed by atoms with Crippen LogP contribution in [0, 0.1) is 5.92 Å². The first-order valence-corrected chi connectivity index (χ1v) is 9.03. The highest BCUT2D eigenvalue weighted by molar-refractivity contribution is 9.10. The summed E-state index contributed by atoms with van der Waals surface area (Å²) < 4.78 is 12.0. The molecule has 0 aromatic heterocycles. The molecular weight excluding hydrogens is 360 g/mol. The summed E-state index contributed by atoms with van der Waals surface area (Å²) in [5, 5.41) is 6.29. The van der Waals surface area contributed by atoms with E-state index in [1.54, 1.807) is 0 Å². The molecule has 2 N–H and O–H groups in total. The number of carbonyl (C=O) groups is 1. The molecule has 0 saturated carbocycles. The van der Waals surface area contributed by atoms with Gasteiger partial charge in [-0.05, 0) is 61.6 Å². The molecule has 0 radical (unpaired) electrons. The van der Waals surface area contributed by atoms with Crippen LogP contribution in [0.4, 0.5) is 5.69 Å². The van der Waals surface area contributed by atoms with Gasteiger partial charge in [-0.15, -0.1) is 0 Å². The molecule has 1 heterocycles. The molecule has 23 heavy (non-hydrogen) atoms. The van der Waals surface area contributed by atoms with E-state index in [1.165, 1.54) is 0 Å². The van der Waals surface area contributed by atoms with E-state index in [-0.39, 0.29) is 5.91 Å². The van der Waals surface area contributed by atoms with Crippen molar-refractivity contribution in [1.82, 2.24) is 5.32 Å². The maximum absolute atomic E-state index is 12.2. The molecule has 1 aromatic rings. The highest BCUT2D eigenvalue weighted by Crippen LogP contribution is 2.36. The van der Waals surface area contributed by atoms with Crippen molar-refractivity contribution < 1.29 is 14.3 Å². The number of benzene rings is 1. The zero-order chi connectivity index (χ0) is 16.7. The van der Waals surface area contributed by atoms with Gasteiger partial charge < -0.3 is 20.1 Å². The number of anilines is 1. The van der Waals surface area contributed by atoms with E-state index in [4.69, 9.17) is 9.47 Å². The van der Waals surface area contributed by atoms with E-state index < -0.39 is 0 Å². The maximum atomic E-state index is 12.2. The predicted molar refractivity (Wildman–Crippen MR) is 95.3 cm³/mol. The summed E-state index contributed by atoms with van der Waals surface area (Å²) in [6, 6.07) is 3.65. The Morgan fingerprint density at radius 1 is 1.30 bits per heavy atom. The lowest BCUT2D eigenvalue weighted by molar-refractivity contribution is -0.116. The summed E-state index contributed by atoms with van der Waals surface area (Å²) in [7, 11) is 0. The zero-order valence-electron chi connectivity index (χ0n) is 13.8. The van der Waals surface area contributed by atoms with Gasteiger partial charge in [0.2, 0.25) is 5.91 Å². The first-order chi connectivity index (χ1) is 11.1. The number of carbonyl (C=O) groups excluding carboxylic acids is 1. The predicted octanol–water partition coefficient (Wildman–Crippen LogP) is 3.57. The molecule has 128 valence electrons. The number of rotatable bonds is 8. The van der Waals surface area contributed by atoms with Crippen LogP contribution in [0.15, 0.2) is 16.6 Å². The fourth-order valence-electron chi connectivity index (χ4n) is 2.68. The van der Waals surface area contributed by atoms with Gasteiger partial charge in [0.05, 0.1) is 18.9 Å². The van der Waals surface area contributed by atoms with Gasteiger partial charge in [-0.1, -0.05) is 0 Å². The van der Waals surface area contributed by atoms with E-state index in [1.807, 2.05) is 26.0 Å². The molecule has 0 spiro atoms. The standard InChI is InChI=1S/C17H25BrN2O3/c1-3-22-15-9-13(18)14(10-16(15)23-4-2)20-17(21)6-5-12-7-8-19-11-12/h9-10,12,19H,3-8,11H2,1-2H3,(H,20,21). The van der Waals surface area contributed by atoms with Gasteiger partial charge in [0.15, 0.2) is 11.5 Å². The minimum atomic E-state index is 0.0317. The number of nitrogens with one attached hydrogen (secondary N) is 2. The second-order valence-corrected chi connectivity index (χ2v) is 6.44. The lowest BCUT2D eigenvalue weighted by atomic mass is 10.0. The summed E-state index contributed by atoms with van der Waals surface area (Å²) in [4.78, 5) is 12.2. The molecule has 1 fully saturated rings. The highest BCUT2D eigenvalue weighted by Gasteiger charge is 2.17. The third-order valence-corrected chi connectivity index (χ3v) is 4.51. The molecule has 6 heteroatoms. The van der Waals surface area contributed by atoms with Crippen molar-refractivity contribution in [3.8, 4) is 11.5 Å². The molecule has 1 aromatic carbocycles. The van der Waals surface area contributed by atoms with E-state index in [9.17, 15) is 4.79 Å². The van der Waals surface area contributed by atoms with Gasteiger partial charge >= 0.3 is 0 Å². The molecule has 1 aliphatic heterocycles. The summed E-state index contributed by atoms with van der Waals surface area (Å²) in [6.07, 6.45) is 2.62. The Balaban J connectivity index is 1.99. The lowest BCUT2D eigenvalue weighted by Gasteiger charge is -2.15. The second kappa shape index (κ2) is 9.13. The molecule has 1 saturated heterocycles. The maximum Gasteiger partial charge on any atom is 0.224 e. The summed E-state index contributed by atoms with van der Waals surface area (Å²) >= 11 is 3.49. The molecule has 1 amide bonds. The van der Waals surface area contributed by atoms with Gasteiger partial charge in [0.1, 0.15) is 0 Å². The number of hydrogen-bond donors (Lipinski definition) is 2. The first-order valence-electron chi connectivity index (χ1n) is 8.23. The minimum absolute atomic E-state index is 0.0317. The number of hydrogen-bond acceptors (Lipinski definition) is 4. The van der Waals surface area contributed by atoms with Crippen molar-refractivity contribution in [3.05, 3.63) is 16.6 Å². The summed E-state index contributed by atoms with van der Waals surface area (Å²) in [5.74, 6) is 1.97. The normalized spacial score (nSPS) is 17.1. The Bertz CT molecular complexity index is 531. The molecule has 1 unspecified atom stereocenters. The SMILES string of the molecule is CCOc1cc(Br)c(NC(=O)CCC2CCNC2)cc1OCC. The van der Waals surface area contributed by atoms with Crippen molar-refractivity contribution in [1.29, 1.82) is 0 Å². The van der Waals surface area contributed by atoms with Crippen molar-refractivity contribution in [3.63, 3.8) is 0 Å². The van der Waals surface area contributed by atoms with Crippen LogP contribution in [0.2, 0.25) is 0 Å². The summed E-state index contributed by atoms with van der Waals surface area (Å²) in [6.45, 7) is 7.04. The van der Waals surface area contributed by atoms with Crippen molar-refractivity contribution in [2.45, 2.75) is 33.1 Å². The van der Waals surface area contributed by atoms with Crippen LogP contribution in [0.5, 0.6) is 11.5 Å². The van der Waals surface area contributed by atoms with E-state index in [2.05, 4.69) is 26.6 Å². The fourth-order valence-corrected chi connectivity index (χ4v) is 3.10. The monoisotopic (exact) mass is 384 g/mol. The number of halogens is 1. The Morgan fingerprint density at radius 3 is 2.61 bits per heavy atom. The smallest absolute Gasteiger partial charge is 0.224 e. The Hall–Kier alpha value is -1.27. The number of ether oxygens (including phenoxy) is 2. The van der Waals surface area contributed by atoms with Gasteiger partial charge in [0, 0.05) is 23.0 Å². The van der Waals surface area contributed by atoms with Crippen molar-refractivity contribution in [2.24, 2.45) is 5.92 Å². The van der Waals surface area contributed by atoms with Crippen LogP contribution < -0.4 is 20.1 Å². The van der Waals surface area contributed by atoms with Gasteiger partial charge in [-0.2, -0.15) is 0 Å². The zero-order valence-corrected chi connectivity index (χ0v) is 15.4. The van der Waals surface area contributed by atoms with E-state index in [0.717, 1.165) is 30.4 Å². The van der Waals surface area contributed by atoms with Crippen LogP contribution in [-0.4, -0.2) is 32.2 Å². The average Bonchev–Trinajstić information content (AvgIpc) is 3.03. The quantitative estimate of drug-likeness (QED) is 0.718. The summed E-state index contributed by atoms with van der Waals surface area (Å²) in [5.41, 5.74) is 0.714. The Morgan fingerprint density at radius 2 is 2.00 bits per heavy atom. The Labute approximate surface area is 146 Å². The molecule has 0 aliphatic carbocycles. The van der Waals surface area contributed by atoms with Gasteiger partial charge in [-0.3, -0.25) is 4.79 Å². The Kier molecular flexibility index (Phi) is 7.17. The van der Waals surface area contributed by atoms with Crippen LogP contribution >= 0.6 is 15.9 Å². The molecule has 1 aliphatic rings. The average molecular weight is 385 g/mol. The molecule has 1 atom stereocenters. The van der Waals surface area contributed by atoms with Crippen LogP contribution in [-0.2, 0) is 4.79 Å². The molecule has 2 rings (SSSR count). The molecule has 0 bridgehead atoms. The van der Waals surface area contributed by atoms with Gasteiger partial charge in [0.25, 0.3) is 0 Å². The fraction of sp³-hybridized carbons (Fsp3) is 0.588. The first kappa shape index (κ1) is 18.1. The van der Waals surface area contributed by atoms with Gasteiger partial charge in [-0.25, -0.2) is 0 Å². The lowest BCUT2D eigenvalue weighted by Crippen LogP contribution is -2.15. The topological polar surface area (TPSA) is 59.6 Å². The highest BCUT2D eigenvalue weighted by atomic mass is 79.9. The van der Waals surface area contributed by atoms with E-state index in [0.29, 0.717) is 42.7 Å². The molecular formula is C17H25BrN2O3. The third kappa shape index (κ3) is 5.39. The molecule has 5 nitrogen and oxygen atoms in total. The third-order valence-electron chi connectivity index (χ3n) is 3.85.